The Labute approximate surface area is 127 Å². The van der Waals surface area contributed by atoms with Crippen molar-refractivity contribution in [3.8, 4) is 5.75 Å². The summed E-state index contributed by atoms with van der Waals surface area (Å²) in [5.41, 5.74) is 0.684. The molecular formula is C14H19BrN2O3. The molecule has 0 saturated carbocycles. The smallest absolute Gasteiger partial charge is 0.325 e. The van der Waals surface area contributed by atoms with E-state index in [1.54, 1.807) is 13.2 Å². The zero-order valence-corrected chi connectivity index (χ0v) is 13.2. The first-order valence-electron chi connectivity index (χ1n) is 6.56. The Morgan fingerprint density at radius 2 is 2.35 bits per heavy atom. The number of carboxylic acids is 1. The van der Waals surface area contributed by atoms with Gasteiger partial charge in [0.2, 0.25) is 0 Å². The Morgan fingerprint density at radius 1 is 1.60 bits per heavy atom. The molecule has 1 heterocycles. The van der Waals surface area contributed by atoms with Crippen molar-refractivity contribution in [2.45, 2.75) is 19.0 Å². The van der Waals surface area contributed by atoms with Crippen LogP contribution < -0.4 is 10.1 Å². The molecule has 0 bridgehead atoms. The molecule has 1 aromatic rings. The number of ether oxygens (including phenoxy) is 1. The van der Waals surface area contributed by atoms with Gasteiger partial charge in [-0.2, -0.15) is 0 Å². The molecular weight excluding hydrogens is 324 g/mol. The van der Waals surface area contributed by atoms with Gasteiger partial charge in [0.25, 0.3) is 0 Å². The molecule has 6 heteroatoms. The summed E-state index contributed by atoms with van der Waals surface area (Å²) in [7, 11) is 1.56. The van der Waals surface area contributed by atoms with E-state index in [4.69, 9.17) is 4.74 Å². The second-order valence-corrected chi connectivity index (χ2v) is 5.89. The molecule has 110 valence electrons. The van der Waals surface area contributed by atoms with Crippen molar-refractivity contribution >= 4 is 21.9 Å². The first kappa shape index (κ1) is 15.3. The maximum absolute atomic E-state index is 11.8. The molecule has 1 aliphatic rings. The first-order valence-corrected chi connectivity index (χ1v) is 7.36. The largest absolute Gasteiger partial charge is 0.496 e. The molecule has 0 radical (unpaired) electrons. The number of carbonyl (C=O) groups is 1. The second kappa shape index (κ2) is 6.56. The number of halogens is 1. The molecule has 5 nitrogen and oxygen atoms in total. The average Bonchev–Trinajstić information content (AvgIpc) is 2.39. The van der Waals surface area contributed by atoms with Gasteiger partial charge in [0.05, 0.1) is 7.11 Å². The summed E-state index contributed by atoms with van der Waals surface area (Å²) < 4.78 is 6.17. The molecule has 1 aliphatic heterocycles. The first-order chi connectivity index (χ1) is 9.52. The Balaban J connectivity index is 2.37. The third-order valence-electron chi connectivity index (χ3n) is 3.49. The topological polar surface area (TPSA) is 61.8 Å². The van der Waals surface area contributed by atoms with Crippen LogP contribution in [0.2, 0.25) is 0 Å². The highest BCUT2D eigenvalue weighted by Gasteiger charge is 2.32. The molecule has 0 aromatic heterocycles. The van der Waals surface area contributed by atoms with Gasteiger partial charge in [-0.3, -0.25) is 9.69 Å². The van der Waals surface area contributed by atoms with Gasteiger partial charge in [0, 0.05) is 35.7 Å². The number of hydrogen-bond donors (Lipinski definition) is 2. The molecule has 1 saturated heterocycles. The molecule has 0 aliphatic carbocycles. The number of benzene rings is 1. The number of aliphatic carboxylic acids is 1. The van der Waals surface area contributed by atoms with Gasteiger partial charge in [-0.1, -0.05) is 15.9 Å². The monoisotopic (exact) mass is 342 g/mol. The van der Waals surface area contributed by atoms with Gasteiger partial charge in [0.15, 0.2) is 0 Å². The SMILES string of the molecule is COc1ccc(Br)cc1C(C(=O)O)N1CCNC(C)C1. The van der Waals surface area contributed by atoms with Crippen LogP contribution in [0.15, 0.2) is 22.7 Å². The van der Waals surface area contributed by atoms with Crippen LogP contribution >= 0.6 is 15.9 Å². The number of hydrogen-bond acceptors (Lipinski definition) is 4. The van der Waals surface area contributed by atoms with Crippen LogP contribution in [0.1, 0.15) is 18.5 Å². The van der Waals surface area contributed by atoms with E-state index in [2.05, 4.69) is 28.2 Å². The van der Waals surface area contributed by atoms with E-state index in [1.807, 2.05) is 17.0 Å². The molecule has 1 aromatic carbocycles. The number of nitrogens with zero attached hydrogens (tertiary/aromatic N) is 1. The van der Waals surface area contributed by atoms with Crippen molar-refractivity contribution in [3.05, 3.63) is 28.2 Å². The minimum atomic E-state index is -0.851. The third kappa shape index (κ3) is 3.31. The predicted octanol–water partition coefficient (Wildman–Crippen LogP) is 1.88. The van der Waals surface area contributed by atoms with Crippen LogP contribution in [0.5, 0.6) is 5.75 Å². The van der Waals surface area contributed by atoms with E-state index in [0.717, 1.165) is 11.0 Å². The maximum Gasteiger partial charge on any atom is 0.325 e. The summed E-state index contributed by atoms with van der Waals surface area (Å²) >= 11 is 3.40. The van der Waals surface area contributed by atoms with E-state index in [9.17, 15) is 9.90 Å². The van der Waals surface area contributed by atoms with Crippen LogP contribution in [0, 0.1) is 0 Å². The molecule has 0 amide bonds. The maximum atomic E-state index is 11.8. The summed E-state index contributed by atoms with van der Waals surface area (Å²) in [4.78, 5) is 13.7. The zero-order chi connectivity index (χ0) is 14.7. The summed E-state index contributed by atoms with van der Waals surface area (Å²) in [6.45, 7) is 4.26. The van der Waals surface area contributed by atoms with E-state index < -0.39 is 12.0 Å². The number of rotatable bonds is 4. The fourth-order valence-corrected chi connectivity index (χ4v) is 2.98. The minimum absolute atomic E-state index is 0.281. The summed E-state index contributed by atoms with van der Waals surface area (Å²) in [6, 6.07) is 5.06. The van der Waals surface area contributed by atoms with E-state index >= 15 is 0 Å². The van der Waals surface area contributed by atoms with Gasteiger partial charge in [-0.05, 0) is 25.1 Å². The average molecular weight is 343 g/mol. The quantitative estimate of drug-likeness (QED) is 0.874. The predicted molar refractivity (Wildman–Crippen MR) is 80.1 cm³/mol. The van der Waals surface area contributed by atoms with Crippen molar-refractivity contribution in [2.24, 2.45) is 0 Å². The van der Waals surface area contributed by atoms with Crippen LogP contribution in [-0.4, -0.2) is 48.8 Å². The van der Waals surface area contributed by atoms with Crippen LogP contribution in [0.25, 0.3) is 0 Å². The van der Waals surface area contributed by atoms with Crippen LogP contribution in [0.4, 0.5) is 0 Å². The third-order valence-corrected chi connectivity index (χ3v) is 3.98. The number of piperazine rings is 1. The Morgan fingerprint density at radius 3 is 2.95 bits per heavy atom. The molecule has 0 spiro atoms. The lowest BCUT2D eigenvalue weighted by Crippen LogP contribution is -2.51. The van der Waals surface area contributed by atoms with Crippen molar-refractivity contribution in [1.29, 1.82) is 0 Å². The lowest BCUT2D eigenvalue weighted by molar-refractivity contribution is -0.144. The summed E-state index contributed by atoms with van der Waals surface area (Å²) in [5.74, 6) is -0.248. The van der Waals surface area contributed by atoms with E-state index in [0.29, 0.717) is 24.4 Å². The number of methoxy groups -OCH3 is 1. The lowest BCUT2D eigenvalue weighted by Gasteiger charge is -2.36. The lowest BCUT2D eigenvalue weighted by atomic mass is 10.0. The summed E-state index contributed by atoms with van der Waals surface area (Å²) in [6.07, 6.45) is 0. The van der Waals surface area contributed by atoms with Gasteiger partial charge >= 0.3 is 5.97 Å². The fraction of sp³-hybridized carbons (Fsp3) is 0.500. The fourth-order valence-electron chi connectivity index (χ4n) is 2.60. The molecule has 1 fully saturated rings. The van der Waals surface area contributed by atoms with Gasteiger partial charge in [0.1, 0.15) is 11.8 Å². The number of carboxylic acid groups (broad SMARTS) is 1. The highest BCUT2D eigenvalue weighted by Crippen LogP contribution is 2.32. The second-order valence-electron chi connectivity index (χ2n) is 4.98. The van der Waals surface area contributed by atoms with Crippen molar-refractivity contribution in [1.82, 2.24) is 10.2 Å². The number of nitrogens with one attached hydrogen (secondary N) is 1. The van der Waals surface area contributed by atoms with Crippen molar-refractivity contribution < 1.29 is 14.6 Å². The molecule has 2 atom stereocenters. The van der Waals surface area contributed by atoms with Gasteiger partial charge in [-0.25, -0.2) is 0 Å². The molecule has 2 rings (SSSR count). The van der Waals surface area contributed by atoms with Gasteiger partial charge in [-0.15, -0.1) is 0 Å². The molecule has 20 heavy (non-hydrogen) atoms. The van der Waals surface area contributed by atoms with E-state index in [-0.39, 0.29) is 6.04 Å². The van der Waals surface area contributed by atoms with Crippen molar-refractivity contribution in [2.75, 3.05) is 26.7 Å². The van der Waals surface area contributed by atoms with Crippen LogP contribution in [-0.2, 0) is 4.79 Å². The molecule has 2 unspecified atom stereocenters. The summed E-state index contributed by atoms with van der Waals surface area (Å²) in [5, 5.41) is 13.0. The minimum Gasteiger partial charge on any atom is -0.496 e. The Hall–Kier alpha value is -1.11. The zero-order valence-electron chi connectivity index (χ0n) is 11.6. The molecule has 2 N–H and O–H groups in total. The van der Waals surface area contributed by atoms with Crippen molar-refractivity contribution in [3.63, 3.8) is 0 Å². The van der Waals surface area contributed by atoms with Gasteiger partial charge < -0.3 is 15.2 Å². The Bertz CT molecular complexity index is 495. The standard InChI is InChI=1S/C14H19BrN2O3/c1-9-8-17(6-5-16-9)13(14(18)19)11-7-10(15)3-4-12(11)20-2/h3-4,7,9,13,16H,5-6,8H2,1-2H3,(H,18,19). The van der Waals surface area contributed by atoms with E-state index in [1.165, 1.54) is 0 Å². The van der Waals surface area contributed by atoms with Crippen LogP contribution in [0.3, 0.4) is 0 Å². The highest BCUT2D eigenvalue weighted by molar-refractivity contribution is 9.10. The Kier molecular flexibility index (Phi) is 5.01. The normalized spacial score (nSPS) is 21.4. The highest BCUT2D eigenvalue weighted by atomic mass is 79.9.